The Morgan fingerprint density at radius 1 is 1.25 bits per heavy atom. The summed E-state index contributed by atoms with van der Waals surface area (Å²) in [6.45, 7) is 0.814. The first-order valence-electron chi connectivity index (χ1n) is 6.14. The highest BCUT2D eigenvalue weighted by atomic mass is 35.5. The number of hydrogen-bond donors (Lipinski definition) is 2. The highest BCUT2D eigenvalue weighted by Gasteiger charge is 2.05. The quantitative estimate of drug-likeness (QED) is 0.804. The van der Waals surface area contributed by atoms with Crippen molar-refractivity contribution in [3.05, 3.63) is 51.4 Å². The highest BCUT2D eigenvalue weighted by molar-refractivity contribution is 7.16. The van der Waals surface area contributed by atoms with Crippen molar-refractivity contribution in [2.75, 3.05) is 18.4 Å². The van der Waals surface area contributed by atoms with Gasteiger partial charge in [0.25, 0.3) is 0 Å². The Labute approximate surface area is 125 Å². The van der Waals surface area contributed by atoms with E-state index in [-0.39, 0.29) is 18.1 Å². The van der Waals surface area contributed by atoms with Crippen molar-refractivity contribution in [1.82, 2.24) is 5.32 Å². The van der Waals surface area contributed by atoms with Crippen LogP contribution in [0.2, 0.25) is 4.34 Å². The molecular weight excluding hydrogens is 299 g/mol. The van der Waals surface area contributed by atoms with E-state index in [1.54, 1.807) is 12.1 Å². The molecule has 1 aromatic carbocycles. The second-order valence-corrected chi connectivity index (χ2v) is 5.96. The summed E-state index contributed by atoms with van der Waals surface area (Å²) in [5.41, 5.74) is 0.198. The van der Waals surface area contributed by atoms with E-state index in [0.717, 1.165) is 15.6 Å². The van der Waals surface area contributed by atoms with Crippen LogP contribution < -0.4 is 10.6 Å². The van der Waals surface area contributed by atoms with Crippen molar-refractivity contribution in [3.63, 3.8) is 0 Å². The molecule has 0 saturated heterocycles. The molecule has 0 aliphatic rings. The summed E-state index contributed by atoms with van der Waals surface area (Å²) >= 11 is 7.35. The van der Waals surface area contributed by atoms with Crippen LogP contribution in [0.15, 0.2) is 36.4 Å². The Kier molecular flexibility index (Phi) is 5.52. The zero-order valence-corrected chi connectivity index (χ0v) is 12.2. The Morgan fingerprint density at radius 2 is 2.05 bits per heavy atom. The number of para-hydroxylation sites is 1. The number of rotatable bonds is 6. The Morgan fingerprint density at radius 3 is 2.75 bits per heavy atom. The summed E-state index contributed by atoms with van der Waals surface area (Å²) in [5, 5.41) is 5.53. The van der Waals surface area contributed by atoms with Gasteiger partial charge in [0.1, 0.15) is 5.82 Å². The normalized spacial score (nSPS) is 10.5. The van der Waals surface area contributed by atoms with Gasteiger partial charge in [-0.15, -0.1) is 11.3 Å². The fourth-order valence-corrected chi connectivity index (χ4v) is 2.74. The third-order valence-electron chi connectivity index (χ3n) is 2.61. The van der Waals surface area contributed by atoms with E-state index in [2.05, 4.69) is 10.6 Å². The van der Waals surface area contributed by atoms with Gasteiger partial charge in [-0.1, -0.05) is 23.7 Å². The van der Waals surface area contributed by atoms with Crippen LogP contribution in [0.5, 0.6) is 0 Å². The van der Waals surface area contributed by atoms with Crippen LogP contribution in [0.1, 0.15) is 4.88 Å². The van der Waals surface area contributed by atoms with Crippen molar-refractivity contribution >= 4 is 34.5 Å². The molecule has 1 amide bonds. The van der Waals surface area contributed by atoms with Gasteiger partial charge in [0, 0.05) is 11.4 Å². The molecule has 2 rings (SSSR count). The maximum Gasteiger partial charge on any atom is 0.238 e. The number of anilines is 1. The second-order valence-electron chi connectivity index (χ2n) is 4.16. The molecule has 1 aromatic heterocycles. The van der Waals surface area contributed by atoms with Gasteiger partial charge in [0.05, 0.1) is 16.6 Å². The minimum atomic E-state index is -0.436. The number of amides is 1. The third kappa shape index (κ3) is 4.59. The summed E-state index contributed by atoms with van der Waals surface area (Å²) < 4.78 is 14.1. The lowest BCUT2D eigenvalue weighted by atomic mass is 10.3. The molecule has 1 heterocycles. The van der Waals surface area contributed by atoms with Crippen LogP contribution in [0.25, 0.3) is 0 Å². The molecule has 0 atom stereocenters. The molecular formula is C14H14ClFN2OS. The van der Waals surface area contributed by atoms with Crippen molar-refractivity contribution in [3.8, 4) is 0 Å². The first-order chi connectivity index (χ1) is 9.65. The standard InChI is InChI=1S/C14H14ClFN2OS/c15-13-6-5-10(20-13)7-8-17-9-14(19)18-12-4-2-1-3-11(12)16/h1-6,17H,7-9H2,(H,18,19). The van der Waals surface area contributed by atoms with E-state index in [9.17, 15) is 9.18 Å². The SMILES string of the molecule is O=C(CNCCc1ccc(Cl)s1)Nc1ccccc1F. The van der Waals surface area contributed by atoms with E-state index >= 15 is 0 Å². The first-order valence-corrected chi connectivity index (χ1v) is 7.34. The molecule has 0 saturated carbocycles. The predicted molar refractivity (Wildman–Crippen MR) is 80.9 cm³/mol. The lowest BCUT2D eigenvalue weighted by Crippen LogP contribution is -2.29. The van der Waals surface area contributed by atoms with Gasteiger partial charge in [-0.25, -0.2) is 4.39 Å². The number of halogens is 2. The van der Waals surface area contributed by atoms with Crippen molar-refractivity contribution in [2.45, 2.75) is 6.42 Å². The largest absolute Gasteiger partial charge is 0.322 e. The van der Waals surface area contributed by atoms with Crippen molar-refractivity contribution in [2.24, 2.45) is 0 Å². The summed E-state index contributed by atoms with van der Waals surface area (Å²) in [6, 6.07) is 9.91. The maximum atomic E-state index is 13.3. The molecule has 0 radical (unpaired) electrons. The second kappa shape index (κ2) is 7.38. The van der Waals surface area contributed by atoms with E-state index < -0.39 is 5.82 Å². The number of benzene rings is 1. The van der Waals surface area contributed by atoms with E-state index in [1.807, 2.05) is 12.1 Å². The molecule has 0 bridgehead atoms. The minimum absolute atomic E-state index is 0.146. The summed E-state index contributed by atoms with van der Waals surface area (Å²) in [5.74, 6) is -0.701. The predicted octanol–water partition coefficient (Wildman–Crippen LogP) is 3.31. The van der Waals surface area contributed by atoms with E-state index in [4.69, 9.17) is 11.6 Å². The van der Waals surface area contributed by atoms with Crippen LogP contribution in [-0.2, 0) is 11.2 Å². The van der Waals surface area contributed by atoms with Crippen LogP contribution in [0, 0.1) is 5.82 Å². The van der Waals surface area contributed by atoms with Gasteiger partial charge in [-0.05, 0) is 30.7 Å². The molecule has 6 heteroatoms. The molecule has 3 nitrogen and oxygen atoms in total. The van der Waals surface area contributed by atoms with Crippen molar-refractivity contribution < 1.29 is 9.18 Å². The lowest BCUT2D eigenvalue weighted by molar-refractivity contribution is -0.115. The Bertz CT molecular complexity index is 588. The molecule has 20 heavy (non-hydrogen) atoms. The number of carbonyl (C=O) groups is 1. The van der Waals surface area contributed by atoms with Crippen LogP contribution in [0.4, 0.5) is 10.1 Å². The van der Waals surface area contributed by atoms with Gasteiger partial charge in [0.2, 0.25) is 5.91 Å². The zero-order valence-electron chi connectivity index (χ0n) is 10.7. The molecule has 0 aliphatic carbocycles. The van der Waals surface area contributed by atoms with Gasteiger partial charge in [-0.2, -0.15) is 0 Å². The maximum absolute atomic E-state index is 13.3. The number of thiophene rings is 1. The first kappa shape index (κ1) is 15.0. The number of nitrogens with one attached hydrogen (secondary N) is 2. The van der Waals surface area contributed by atoms with Crippen LogP contribution in [0.3, 0.4) is 0 Å². The molecule has 0 spiro atoms. The molecule has 106 valence electrons. The average molecular weight is 313 g/mol. The van der Waals surface area contributed by atoms with Crippen LogP contribution >= 0.6 is 22.9 Å². The minimum Gasteiger partial charge on any atom is -0.322 e. The number of carbonyl (C=O) groups excluding carboxylic acids is 1. The molecule has 2 aromatic rings. The van der Waals surface area contributed by atoms with E-state index in [0.29, 0.717) is 6.54 Å². The summed E-state index contributed by atoms with van der Waals surface area (Å²) in [6.07, 6.45) is 0.810. The van der Waals surface area contributed by atoms with E-state index in [1.165, 1.54) is 23.5 Å². The zero-order chi connectivity index (χ0) is 14.4. The van der Waals surface area contributed by atoms with Gasteiger partial charge in [0.15, 0.2) is 0 Å². The molecule has 0 unspecified atom stereocenters. The highest BCUT2D eigenvalue weighted by Crippen LogP contribution is 2.21. The average Bonchev–Trinajstić information content (AvgIpc) is 2.83. The topological polar surface area (TPSA) is 41.1 Å². The van der Waals surface area contributed by atoms with Gasteiger partial charge >= 0.3 is 0 Å². The summed E-state index contributed by atoms with van der Waals surface area (Å²) in [4.78, 5) is 12.8. The van der Waals surface area contributed by atoms with Crippen molar-refractivity contribution in [1.29, 1.82) is 0 Å². The van der Waals surface area contributed by atoms with Gasteiger partial charge in [-0.3, -0.25) is 4.79 Å². The fraction of sp³-hybridized carbons (Fsp3) is 0.214. The molecule has 2 N–H and O–H groups in total. The number of hydrogen-bond acceptors (Lipinski definition) is 3. The molecule has 0 fully saturated rings. The summed E-state index contributed by atoms with van der Waals surface area (Å²) in [7, 11) is 0. The third-order valence-corrected chi connectivity index (χ3v) is 3.90. The molecule has 0 aliphatic heterocycles. The Balaban J connectivity index is 1.69. The Hall–Kier alpha value is -1.43. The smallest absolute Gasteiger partial charge is 0.238 e. The lowest BCUT2D eigenvalue weighted by Gasteiger charge is -2.07. The monoisotopic (exact) mass is 312 g/mol. The fourth-order valence-electron chi connectivity index (χ4n) is 1.66. The van der Waals surface area contributed by atoms with Gasteiger partial charge < -0.3 is 10.6 Å². The van der Waals surface area contributed by atoms with Crippen LogP contribution in [-0.4, -0.2) is 19.0 Å².